The minimum Gasteiger partial charge on any atom is -0.462 e. The van der Waals surface area contributed by atoms with E-state index >= 15 is 0 Å². The Morgan fingerprint density at radius 3 is 1.49 bits per heavy atom. The van der Waals surface area contributed by atoms with Crippen LogP contribution in [-0.2, 0) is 4.74 Å². The van der Waals surface area contributed by atoms with Gasteiger partial charge < -0.3 is 29.1 Å². The Morgan fingerprint density at radius 1 is 0.557 bits per heavy atom. The topological polar surface area (TPSA) is 132 Å². The number of nitrogens with zero attached hydrogens (tertiary/aromatic N) is 3. The number of aromatic nitrogens is 1. The van der Waals surface area contributed by atoms with Gasteiger partial charge in [-0.3, -0.25) is 0 Å². The predicted octanol–water partition coefficient (Wildman–Crippen LogP) is 14.5. The lowest BCUT2D eigenvalue weighted by Gasteiger charge is -2.25. The number of thiol groups is 1. The second-order valence-electron chi connectivity index (χ2n) is 15.6. The van der Waals surface area contributed by atoms with Crippen molar-refractivity contribution in [1.82, 2.24) is 4.98 Å². The molecule has 0 aliphatic carbocycles. The first-order chi connectivity index (χ1) is 34.2. The molecule has 0 bridgehead atoms. The Hall–Kier alpha value is -8.71. The number of thiazole rings is 1. The molecule has 0 saturated heterocycles. The van der Waals surface area contributed by atoms with Gasteiger partial charge in [-0.2, -0.15) is 0 Å². The highest BCUT2D eigenvalue weighted by atomic mass is 32.1. The number of carbonyl (C=O) groups excluding carboxylic acids is 1. The number of hydrogen-bond acceptors (Lipinski definition) is 12. The summed E-state index contributed by atoms with van der Waals surface area (Å²) in [6.07, 6.45) is 0. The Balaban J connectivity index is 0.000000151. The molecule has 0 atom stereocenters. The third kappa shape index (κ3) is 10.5. The van der Waals surface area contributed by atoms with Crippen molar-refractivity contribution >= 4 is 102 Å². The van der Waals surface area contributed by atoms with Crippen molar-refractivity contribution in [3.63, 3.8) is 0 Å². The number of ether oxygens (including phenoxy) is 1. The van der Waals surface area contributed by atoms with Crippen molar-refractivity contribution in [2.24, 2.45) is 0 Å². The summed E-state index contributed by atoms with van der Waals surface area (Å²) < 4.78 is 17.2. The predicted molar refractivity (Wildman–Crippen MR) is 287 cm³/mol. The van der Waals surface area contributed by atoms with Crippen LogP contribution in [0.2, 0.25) is 0 Å². The standard InChI is InChI=1S/C28H18N2O2S.C24H19NO4.C6H7NS/c31-28-23(27-29-24-13-7-8-14-26(24)33-27)17-19-15-16-22(18-25(19)32-28)30(20-9-3-1-4-10-20)21-11-5-2-6-12-21;1-2-28-23(26)21-15-17-13-14-20(16-22(17)29-24(21)27)25(18-9-5-3-6-10-18)19-11-7-4-8-12-19;7-5-3-1-2-4-6(5)8/h1-18H;3-16H,2H2,1H3;1-4,8H,7H2. The molecule has 0 saturated carbocycles. The Bertz CT molecular complexity index is 3550. The fourth-order valence-electron chi connectivity index (χ4n) is 7.66. The summed E-state index contributed by atoms with van der Waals surface area (Å²) in [5.41, 5.74) is 13.0. The summed E-state index contributed by atoms with van der Waals surface area (Å²) >= 11 is 5.57. The van der Waals surface area contributed by atoms with Gasteiger partial charge in [0.1, 0.15) is 21.7 Å². The minimum absolute atomic E-state index is 0.102. The zero-order chi connectivity index (χ0) is 48.4. The first kappa shape index (κ1) is 46.4. The van der Waals surface area contributed by atoms with E-state index in [1.54, 1.807) is 13.0 Å². The number of benzene rings is 8. The van der Waals surface area contributed by atoms with E-state index in [2.05, 4.69) is 51.7 Å². The van der Waals surface area contributed by atoms with Crippen LogP contribution in [0.4, 0.5) is 39.8 Å². The molecule has 0 fully saturated rings. The lowest BCUT2D eigenvalue weighted by atomic mass is 10.1. The maximum Gasteiger partial charge on any atom is 0.351 e. The first-order valence-corrected chi connectivity index (χ1v) is 23.5. The van der Waals surface area contributed by atoms with Gasteiger partial charge in [0.05, 0.1) is 22.4 Å². The minimum atomic E-state index is -0.709. The van der Waals surface area contributed by atoms with Gasteiger partial charge in [0, 0.05) is 67.6 Å². The number of nitrogen functional groups attached to an aromatic ring is 1. The zero-order valence-electron chi connectivity index (χ0n) is 37.7. The van der Waals surface area contributed by atoms with Crippen molar-refractivity contribution in [3.05, 3.63) is 245 Å². The zero-order valence-corrected chi connectivity index (χ0v) is 39.4. The second-order valence-corrected chi connectivity index (χ2v) is 17.1. The highest BCUT2D eigenvalue weighted by Gasteiger charge is 2.19. The number of rotatable bonds is 9. The quantitative estimate of drug-likeness (QED) is 0.0624. The van der Waals surface area contributed by atoms with E-state index < -0.39 is 11.6 Å². The monoisotopic (exact) mass is 956 g/mol. The first-order valence-electron chi connectivity index (χ1n) is 22.3. The Morgan fingerprint density at radius 2 is 1.01 bits per heavy atom. The van der Waals surface area contributed by atoms with Crippen LogP contribution in [0.3, 0.4) is 0 Å². The molecule has 8 aromatic carbocycles. The van der Waals surface area contributed by atoms with E-state index in [9.17, 15) is 14.4 Å². The van der Waals surface area contributed by atoms with Crippen LogP contribution in [-0.4, -0.2) is 17.6 Å². The number of esters is 1. The smallest absolute Gasteiger partial charge is 0.351 e. The molecule has 0 unspecified atom stereocenters. The maximum absolute atomic E-state index is 12.9. The van der Waals surface area contributed by atoms with Crippen LogP contribution in [0.5, 0.6) is 0 Å². The molecule has 0 spiro atoms. The van der Waals surface area contributed by atoms with Crippen LogP contribution in [0.15, 0.2) is 242 Å². The molecular formula is C58H44N4O6S2. The van der Waals surface area contributed by atoms with Crippen LogP contribution < -0.4 is 26.8 Å². The molecule has 0 amide bonds. The number of nitrogens with two attached hydrogens (primary N) is 1. The maximum atomic E-state index is 12.9. The van der Waals surface area contributed by atoms with Crippen LogP contribution in [0.1, 0.15) is 17.3 Å². The summed E-state index contributed by atoms with van der Waals surface area (Å²) in [5, 5.41) is 2.18. The highest BCUT2D eigenvalue weighted by molar-refractivity contribution is 7.80. The van der Waals surface area contributed by atoms with Crippen LogP contribution in [0, 0.1) is 0 Å². The molecule has 0 radical (unpaired) electrons. The molecule has 3 heterocycles. The number of para-hydroxylation sites is 6. The normalized spacial score (nSPS) is 10.7. The van der Waals surface area contributed by atoms with E-state index in [1.807, 2.05) is 182 Å². The largest absolute Gasteiger partial charge is 0.462 e. The summed E-state index contributed by atoms with van der Waals surface area (Å²) in [7, 11) is 0. The Labute approximate surface area is 412 Å². The van der Waals surface area contributed by atoms with Gasteiger partial charge in [0.2, 0.25) is 0 Å². The van der Waals surface area contributed by atoms with E-state index in [1.165, 1.54) is 17.4 Å². The SMILES string of the molecule is CCOC(=O)c1cc2ccc(N(c3ccccc3)c3ccccc3)cc2oc1=O.Nc1ccccc1S.O=c1oc2cc(N(c3ccccc3)c3ccccc3)ccc2cc1-c1nc2ccccc2s1. The molecule has 344 valence electrons. The molecular weight excluding hydrogens is 913 g/mol. The van der Waals surface area contributed by atoms with Gasteiger partial charge in [-0.05, 0) is 116 Å². The van der Waals surface area contributed by atoms with Crippen LogP contribution >= 0.6 is 24.0 Å². The number of anilines is 7. The van der Waals surface area contributed by atoms with Gasteiger partial charge in [-0.25, -0.2) is 19.4 Å². The molecule has 0 aliphatic heterocycles. The molecule has 3 aromatic heterocycles. The van der Waals surface area contributed by atoms with Gasteiger partial charge >= 0.3 is 17.2 Å². The number of fused-ring (bicyclic) bond motifs is 3. The van der Waals surface area contributed by atoms with Crippen molar-refractivity contribution in [3.8, 4) is 10.6 Å². The fourth-order valence-corrected chi connectivity index (χ4v) is 8.79. The summed E-state index contributed by atoms with van der Waals surface area (Å²) in [6.45, 7) is 1.88. The Kier molecular flexibility index (Phi) is 14.3. The van der Waals surface area contributed by atoms with Crippen molar-refractivity contribution in [2.45, 2.75) is 11.8 Å². The average molecular weight is 957 g/mol. The summed E-state index contributed by atoms with van der Waals surface area (Å²) in [4.78, 5) is 46.8. The van der Waals surface area contributed by atoms with Crippen molar-refractivity contribution in [2.75, 3.05) is 22.1 Å². The number of carbonyl (C=O) groups is 1. The molecule has 10 nitrogen and oxygen atoms in total. The molecule has 11 aromatic rings. The molecule has 2 N–H and O–H groups in total. The van der Waals surface area contributed by atoms with Gasteiger partial charge in [-0.1, -0.05) is 97.1 Å². The van der Waals surface area contributed by atoms with Gasteiger partial charge in [0.15, 0.2) is 0 Å². The average Bonchev–Trinajstić information content (AvgIpc) is 3.83. The van der Waals surface area contributed by atoms with E-state index in [-0.39, 0.29) is 17.8 Å². The lowest BCUT2D eigenvalue weighted by molar-refractivity contribution is 0.0521. The molecule has 12 heteroatoms. The molecule has 70 heavy (non-hydrogen) atoms. The molecule has 0 aliphatic rings. The fraction of sp³-hybridized carbons (Fsp3) is 0.0345. The summed E-state index contributed by atoms with van der Waals surface area (Å²) in [5.74, 6) is -0.678. The third-order valence-electron chi connectivity index (χ3n) is 11.0. The molecule has 11 rings (SSSR count). The summed E-state index contributed by atoms with van der Waals surface area (Å²) in [6, 6.07) is 70.4. The van der Waals surface area contributed by atoms with Gasteiger partial charge in [-0.15, -0.1) is 24.0 Å². The number of hydrogen-bond donors (Lipinski definition) is 2. The lowest BCUT2D eigenvalue weighted by Crippen LogP contribution is -2.16. The van der Waals surface area contributed by atoms with Gasteiger partial charge in [0.25, 0.3) is 0 Å². The van der Waals surface area contributed by atoms with Crippen molar-refractivity contribution in [1.29, 1.82) is 0 Å². The van der Waals surface area contributed by atoms with E-state index in [4.69, 9.17) is 19.3 Å². The van der Waals surface area contributed by atoms with Crippen LogP contribution in [0.25, 0.3) is 42.7 Å². The third-order valence-corrected chi connectivity index (χ3v) is 12.4. The van der Waals surface area contributed by atoms with Crippen molar-refractivity contribution < 1.29 is 18.4 Å². The van der Waals surface area contributed by atoms with E-state index in [0.717, 1.165) is 60.3 Å². The highest BCUT2D eigenvalue weighted by Crippen LogP contribution is 2.38. The van der Waals surface area contributed by atoms with E-state index in [0.29, 0.717) is 27.1 Å². The second kappa shape index (κ2) is 21.5.